The molecule has 0 aliphatic carbocycles. The van der Waals surface area contributed by atoms with Crippen molar-refractivity contribution in [3.05, 3.63) is 36.2 Å². The SMILES string of the molecule is CCCCN(C(=S)CCCc1nnnn1C)c1ccccc1. The average Bonchev–Trinajstić information content (AvgIpc) is 2.94. The van der Waals surface area contributed by atoms with E-state index < -0.39 is 0 Å². The number of hydrogen-bond acceptors (Lipinski definition) is 4. The standard InChI is InChI=1S/C16H23N5S/c1-3-4-13-21(14-9-6-5-7-10-14)16(22)12-8-11-15-17-18-19-20(15)2/h5-7,9-10H,3-4,8,11-13H2,1-2H3. The Balaban J connectivity index is 1.92. The van der Waals surface area contributed by atoms with E-state index in [2.05, 4.69) is 51.6 Å². The molecule has 0 atom stereocenters. The minimum absolute atomic E-state index is 0.847. The van der Waals surface area contributed by atoms with Gasteiger partial charge < -0.3 is 4.90 Å². The first-order valence-corrected chi connectivity index (χ1v) is 8.20. The Morgan fingerprint density at radius 2 is 2.00 bits per heavy atom. The highest BCUT2D eigenvalue weighted by atomic mass is 32.1. The van der Waals surface area contributed by atoms with Crippen molar-refractivity contribution in [1.82, 2.24) is 20.2 Å². The lowest BCUT2D eigenvalue weighted by Crippen LogP contribution is -2.30. The molecule has 0 aliphatic rings. The number of anilines is 1. The third-order valence-electron chi connectivity index (χ3n) is 3.60. The molecule has 0 fully saturated rings. The van der Waals surface area contributed by atoms with E-state index in [0.29, 0.717) is 0 Å². The summed E-state index contributed by atoms with van der Waals surface area (Å²) in [6.07, 6.45) is 4.99. The molecule has 0 saturated heterocycles. The second-order valence-electron chi connectivity index (χ2n) is 5.31. The van der Waals surface area contributed by atoms with Gasteiger partial charge in [0.05, 0.1) is 4.99 Å². The van der Waals surface area contributed by atoms with E-state index in [9.17, 15) is 0 Å². The van der Waals surface area contributed by atoms with Gasteiger partial charge in [-0.15, -0.1) is 5.10 Å². The first-order chi connectivity index (χ1) is 10.7. The lowest BCUT2D eigenvalue weighted by molar-refractivity contribution is 0.662. The van der Waals surface area contributed by atoms with E-state index in [0.717, 1.165) is 49.5 Å². The maximum atomic E-state index is 5.67. The fourth-order valence-corrected chi connectivity index (χ4v) is 2.66. The molecule has 0 spiro atoms. The van der Waals surface area contributed by atoms with Gasteiger partial charge in [-0.25, -0.2) is 4.68 Å². The maximum absolute atomic E-state index is 5.67. The van der Waals surface area contributed by atoms with Crippen molar-refractivity contribution in [3.63, 3.8) is 0 Å². The van der Waals surface area contributed by atoms with Crippen molar-refractivity contribution >= 4 is 22.9 Å². The van der Waals surface area contributed by atoms with Crippen molar-refractivity contribution in [2.75, 3.05) is 11.4 Å². The number of hydrogen-bond donors (Lipinski definition) is 0. The largest absolute Gasteiger partial charge is 0.336 e. The molecule has 2 rings (SSSR count). The zero-order chi connectivity index (χ0) is 15.8. The molecular weight excluding hydrogens is 294 g/mol. The van der Waals surface area contributed by atoms with Crippen LogP contribution in [0.4, 0.5) is 5.69 Å². The molecular formula is C16H23N5S. The molecule has 1 aromatic carbocycles. The second kappa shape index (κ2) is 8.58. The minimum atomic E-state index is 0.847. The molecule has 0 saturated carbocycles. The van der Waals surface area contributed by atoms with E-state index in [-0.39, 0.29) is 0 Å². The lowest BCUT2D eigenvalue weighted by atomic mass is 10.2. The molecule has 0 aliphatic heterocycles. The number of benzene rings is 1. The highest BCUT2D eigenvalue weighted by Crippen LogP contribution is 2.17. The molecule has 0 radical (unpaired) electrons. The molecule has 5 nitrogen and oxygen atoms in total. The summed E-state index contributed by atoms with van der Waals surface area (Å²) in [5.74, 6) is 0.905. The van der Waals surface area contributed by atoms with E-state index >= 15 is 0 Å². The van der Waals surface area contributed by atoms with E-state index in [1.807, 2.05) is 13.1 Å². The molecule has 0 unspecified atom stereocenters. The van der Waals surface area contributed by atoms with Gasteiger partial charge in [0, 0.05) is 25.7 Å². The number of aromatic nitrogens is 4. The number of tetrazole rings is 1. The highest BCUT2D eigenvalue weighted by Gasteiger charge is 2.12. The van der Waals surface area contributed by atoms with Crippen LogP contribution in [0.3, 0.4) is 0 Å². The molecule has 118 valence electrons. The lowest BCUT2D eigenvalue weighted by Gasteiger charge is -2.25. The van der Waals surface area contributed by atoms with Crippen molar-refractivity contribution in [2.45, 2.75) is 39.0 Å². The van der Waals surface area contributed by atoms with Gasteiger partial charge in [0.1, 0.15) is 0 Å². The Labute approximate surface area is 137 Å². The Hall–Kier alpha value is -1.82. The summed E-state index contributed by atoms with van der Waals surface area (Å²) in [7, 11) is 1.87. The fourth-order valence-electron chi connectivity index (χ4n) is 2.31. The number of rotatable bonds is 8. The smallest absolute Gasteiger partial charge is 0.150 e. The topological polar surface area (TPSA) is 46.8 Å². The summed E-state index contributed by atoms with van der Waals surface area (Å²) in [6.45, 7) is 3.18. The Bertz CT molecular complexity index is 581. The van der Waals surface area contributed by atoms with Gasteiger partial charge in [0.25, 0.3) is 0 Å². The predicted octanol–water partition coefficient (Wildman–Crippen LogP) is 3.17. The molecule has 6 heteroatoms. The monoisotopic (exact) mass is 317 g/mol. The van der Waals surface area contributed by atoms with Crippen molar-refractivity contribution in [2.24, 2.45) is 7.05 Å². The van der Waals surface area contributed by atoms with Crippen LogP contribution in [0.25, 0.3) is 0 Å². The van der Waals surface area contributed by atoms with E-state index in [1.54, 1.807) is 4.68 Å². The number of para-hydroxylation sites is 1. The van der Waals surface area contributed by atoms with Gasteiger partial charge in [-0.2, -0.15) is 0 Å². The van der Waals surface area contributed by atoms with Crippen LogP contribution in [0.5, 0.6) is 0 Å². The summed E-state index contributed by atoms with van der Waals surface area (Å²) in [5.41, 5.74) is 1.18. The van der Waals surface area contributed by atoms with Gasteiger partial charge >= 0.3 is 0 Å². The van der Waals surface area contributed by atoms with Gasteiger partial charge in [-0.3, -0.25) is 0 Å². The van der Waals surface area contributed by atoms with Crippen LogP contribution in [-0.2, 0) is 13.5 Å². The van der Waals surface area contributed by atoms with Crippen molar-refractivity contribution < 1.29 is 0 Å². The van der Waals surface area contributed by atoms with Crippen molar-refractivity contribution in [3.8, 4) is 0 Å². The molecule has 0 amide bonds. The summed E-state index contributed by atoms with van der Waals surface area (Å²) >= 11 is 5.67. The first-order valence-electron chi connectivity index (χ1n) is 7.79. The van der Waals surface area contributed by atoms with Gasteiger partial charge in [0.15, 0.2) is 5.82 Å². The van der Waals surface area contributed by atoms with Crippen LogP contribution in [0.1, 0.15) is 38.4 Å². The van der Waals surface area contributed by atoms with Crippen LogP contribution in [0.2, 0.25) is 0 Å². The minimum Gasteiger partial charge on any atom is -0.336 e. The van der Waals surface area contributed by atoms with E-state index in [4.69, 9.17) is 12.2 Å². The molecule has 0 N–H and O–H groups in total. The zero-order valence-electron chi connectivity index (χ0n) is 13.3. The average molecular weight is 317 g/mol. The van der Waals surface area contributed by atoms with Gasteiger partial charge in [-0.1, -0.05) is 43.8 Å². The Kier molecular flexibility index (Phi) is 6.45. The van der Waals surface area contributed by atoms with Crippen LogP contribution in [-0.4, -0.2) is 31.7 Å². The number of unbranched alkanes of at least 4 members (excludes halogenated alkanes) is 1. The highest BCUT2D eigenvalue weighted by molar-refractivity contribution is 7.80. The molecule has 1 aromatic heterocycles. The summed E-state index contributed by atoms with van der Waals surface area (Å²) < 4.78 is 1.72. The Morgan fingerprint density at radius 3 is 2.64 bits per heavy atom. The number of thiocarbonyl (C=S) groups is 1. The maximum Gasteiger partial charge on any atom is 0.150 e. The normalized spacial score (nSPS) is 10.6. The van der Waals surface area contributed by atoms with Gasteiger partial charge in [0.2, 0.25) is 0 Å². The van der Waals surface area contributed by atoms with Crippen LogP contribution < -0.4 is 4.90 Å². The molecule has 2 aromatic rings. The first kappa shape index (κ1) is 16.5. The van der Waals surface area contributed by atoms with Crippen molar-refractivity contribution in [1.29, 1.82) is 0 Å². The summed E-state index contributed by atoms with van der Waals surface area (Å²) in [6, 6.07) is 10.4. The zero-order valence-corrected chi connectivity index (χ0v) is 14.1. The fraction of sp³-hybridized carbons (Fsp3) is 0.500. The van der Waals surface area contributed by atoms with E-state index in [1.165, 1.54) is 5.69 Å². The second-order valence-corrected chi connectivity index (χ2v) is 5.78. The van der Waals surface area contributed by atoms with Crippen LogP contribution >= 0.6 is 12.2 Å². The molecule has 0 bridgehead atoms. The Morgan fingerprint density at radius 1 is 1.23 bits per heavy atom. The molecule has 22 heavy (non-hydrogen) atoms. The molecule has 1 heterocycles. The van der Waals surface area contributed by atoms with Crippen LogP contribution in [0, 0.1) is 0 Å². The third kappa shape index (κ3) is 4.59. The predicted molar refractivity (Wildman–Crippen MR) is 93.0 cm³/mol. The van der Waals surface area contributed by atoms with Crippen LogP contribution in [0.15, 0.2) is 30.3 Å². The summed E-state index contributed by atoms with van der Waals surface area (Å²) in [4.78, 5) is 3.25. The summed E-state index contributed by atoms with van der Waals surface area (Å²) in [5, 5.41) is 11.5. The number of nitrogens with zero attached hydrogens (tertiary/aromatic N) is 5. The quantitative estimate of drug-likeness (QED) is 0.700. The van der Waals surface area contributed by atoms with Gasteiger partial charge in [-0.05, 0) is 41.8 Å². The number of aryl methyl sites for hydroxylation is 2. The third-order valence-corrected chi connectivity index (χ3v) is 4.03.